The van der Waals surface area contributed by atoms with Crippen molar-refractivity contribution in [2.24, 2.45) is 10.2 Å². The van der Waals surface area contributed by atoms with Gasteiger partial charge in [0, 0.05) is 16.0 Å². The average Bonchev–Trinajstić information content (AvgIpc) is 3.25. The number of azo groups is 1. The summed E-state index contributed by atoms with van der Waals surface area (Å²) in [4.78, 5) is 15.9. The van der Waals surface area contributed by atoms with E-state index in [9.17, 15) is 9.90 Å². The summed E-state index contributed by atoms with van der Waals surface area (Å²) in [5, 5.41) is 30.4. The van der Waals surface area contributed by atoms with Gasteiger partial charge in [-0.15, -0.1) is 20.4 Å². The lowest BCUT2D eigenvalue weighted by Crippen LogP contribution is -2.10. The number of hydrogen-bond donors (Lipinski definition) is 2. The van der Waals surface area contributed by atoms with E-state index in [2.05, 4.69) is 30.6 Å². The van der Waals surface area contributed by atoms with Crippen LogP contribution in [0.5, 0.6) is 5.88 Å². The molecule has 140 valence electrons. The quantitative estimate of drug-likeness (QED) is 0.484. The Morgan fingerprint density at radius 1 is 1.21 bits per heavy atom. The van der Waals surface area contributed by atoms with Crippen molar-refractivity contribution in [3.63, 3.8) is 0 Å². The van der Waals surface area contributed by atoms with Crippen molar-refractivity contribution < 1.29 is 9.90 Å². The molecule has 4 aromatic rings. The van der Waals surface area contributed by atoms with Gasteiger partial charge in [0.2, 0.25) is 11.7 Å². The van der Waals surface area contributed by atoms with Crippen molar-refractivity contribution in [3.8, 4) is 17.3 Å². The summed E-state index contributed by atoms with van der Waals surface area (Å²) in [7, 11) is 0. The van der Waals surface area contributed by atoms with Crippen molar-refractivity contribution in [2.45, 2.75) is 6.54 Å². The number of carbonyl (C=O) groups excluding carboxylic acids is 1. The van der Waals surface area contributed by atoms with E-state index in [4.69, 9.17) is 23.2 Å². The first-order valence-electron chi connectivity index (χ1n) is 7.99. The Bertz CT molecular complexity index is 1200. The molecule has 0 spiro atoms. The Balaban J connectivity index is 1.53. The van der Waals surface area contributed by atoms with Gasteiger partial charge in [0.1, 0.15) is 6.54 Å². The molecule has 2 N–H and O–H groups in total. The molecular formula is C17H11Cl2N7O2. The van der Waals surface area contributed by atoms with Crippen LogP contribution in [-0.4, -0.2) is 36.2 Å². The molecule has 2 heterocycles. The van der Waals surface area contributed by atoms with E-state index in [1.165, 1.54) is 6.07 Å². The number of amides is 1. The number of H-pyrrole nitrogens is 1. The zero-order valence-electron chi connectivity index (χ0n) is 14.0. The van der Waals surface area contributed by atoms with Gasteiger partial charge >= 0.3 is 0 Å². The third-order valence-electron chi connectivity index (χ3n) is 3.80. The number of aromatic amines is 1. The molecule has 0 radical (unpaired) electrons. The Labute approximate surface area is 167 Å². The van der Waals surface area contributed by atoms with Crippen LogP contribution in [0, 0.1) is 0 Å². The van der Waals surface area contributed by atoms with Crippen LogP contribution in [0.1, 0.15) is 0 Å². The molecule has 0 aliphatic carbocycles. The van der Waals surface area contributed by atoms with E-state index < -0.39 is 5.91 Å². The molecule has 28 heavy (non-hydrogen) atoms. The highest BCUT2D eigenvalue weighted by atomic mass is 35.5. The molecule has 2 aromatic carbocycles. The minimum atomic E-state index is -0.626. The second kappa shape index (κ2) is 7.37. The molecule has 0 fully saturated rings. The molecule has 9 nitrogen and oxygen atoms in total. The van der Waals surface area contributed by atoms with Crippen LogP contribution < -0.4 is 0 Å². The van der Waals surface area contributed by atoms with E-state index in [-0.39, 0.29) is 18.1 Å². The highest BCUT2D eigenvalue weighted by molar-refractivity contribution is 6.38. The van der Waals surface area contributed by atoms with Crippen molar-refractivity contribution >= 4 is 45.7 Å². The Hall–Kier alpha value is -3.30. The summed E-state index contributed by atoms with van der Waals surface area (Å²) in [5.74, 6) is -0.510. The van der Waals surface area contributed by atoms with E-state index in [0.717, 1.165) is 10.4 Å². The van der Waals surface area contributed by atoms with E-state index in [0.29, 0.717) is 26.8 Å². The Morgan fingerprint density at radius 3 is 2.79 bits per heavy atom. The lowest BCUT2D eigenvalue weighted by molar-refractivity contribution is -0.119. The van der Waals surface area contributed by atoms with Gasteiger partial charge in [0.05, 0.1) is 10.5 Å². The minimum Gasteiger partial charge on any atom is -0.493 e. The topological polar surface area (TPSA) is 121 Å². The second-order valence-corrected chi connectivity index (χ2v) is 6.58. The standard InChI is InChI=1S/C17H11Cl2N7O2/c18-10-6-11-14(12(19)7-10)20-17(28)15(11)22-21-13(27)8-26-24-16(23-25-26)9-4-2-1-3-5-9/h1-7,20,28H,8H2. The molecular weight excluding hydrogens is 405 g/mol. The van der Waals surface area contributed by atoms with Gasteiger partial charge in [-0.25, -0.2) is 0 Å². The minimum absolute atomic E-state index is 0.0595. The third-order valence-corrected chi connectivity index (χ3v) is 4.32. The first kappa shape index (κ1) is 18.1. The first-order chi connectivity index (χ1) is 13.5. The highest BCUT2D eigenvalue weighted by Gasteiger charge is 2.15. The number of aromatic nitrogens is 5. The number of nitrogens with zero attached hydrogens (tertiary/aromatic N) is 6. The SMILES string of the molecule is O=C(Cn1nnc(-c2ccccc2)n1)N=Nc1c(O)[nH]c2c(Cl)cc(Cl)cc12. The number of aromatic hydroxyl groups is 1. The second-order valence-electron chi connectivity index (χ2n) is 5.74. The monoisotopic (exact) mass is 415 g/mol. The van der Waals surface area contributed by atoms with Gasteiger partial charge in [-0.05, 0) is 17.3 Å². The third kappa shape index (κ3) is 3.57. The average molecular weight is 416 g/mol. The fourth-order valence-corrected chi connectivity index (χ4v) is 3.11. The van der Waals surface area contributed by atoms with Crippen molar-refractivity contribution in [3.05, 3.63) is 52.5 Å². The lowest BCUT2D eigenvalue weighted by atomic mass is 10.2. The number of tetrazole rings is 1. The van der Waals surface area contributed by atoms with Gasteiger partial charge in [0.25, 0.3) is 5.91 Å². The lowest BCUT2D eigenvalue weighted by Gasteiger charge is -1.96. The summed E-state index contributed by atoms with van der Waals surface area (Å²) < 4.78 is 0. The molecule has 0 saturated carbocycles. The number of benzene rings is 2. The first-order valence-corrected chi connectivity index (χ1v) is 8.74. The maximum Gasteiger partial charge on any atom is 0.287 e. The van der Waals surface area contributed by atoms with Gasteiger partial charge in [0.15, 0.2) is 5.69 Å². The summed E-state index contributed by atoms with van der Waals surface area (Å²) in [5.41, 5.74) is 1.28. The number of fused-ring (bicyclic) bond motifs is 1. The highest BCUT2D eigenvalue weighted by Crippen LogP contribution is 2.40. The summed E-state index contributed by atoms with van der Waals surface area (Å²) in [6, 6.07) is 12.3. The number of halogens is 2. The van der Waals surface area contributed by atoms with Crippen LogP contribution in [0.15, 0.2) is 52.7 Å². The summed E-state index contributed by atoms with van der Waals surface area (Å²) in [6.45, 7) is -0.256. The molecule has 0 aliphatic heterocycles. The van der Waals surface area contributed by atoms with Gasteiger partial charge in [-0.1, -0.05) is 53.5 Å². The Morgan fingerprint density at radius 2 is 2.00 bits per heavy atom. The maximum atomic E-state index is 12.1. The fourth-order valence-electron chi connectivity index (χ4n) is 2.57. The van der Waals surface area contributed by atoms with Gasteiger partial charge in [-0.3, -0.25) is 4.79 Å². The molecule has 0 aliphatic rings. The number of nitrogens with one attached hydrogen (secondary N) is 1. The zero-order valence-corrected chi connectivity index (χ0v) is 15.6. The van der Waals surface area contributed by atoms with E-state index in [1.54, 1.807) is 6.07 Å². The maximum absolute atomic E-state index is 12.1. The molecule has 2 aromatic heterocycles. The van der Waals surface area contributed by atoms with Gasteiger partial charge < -0.3 is 10.1 Å². The van der Waals surface area contributed by atoms with Crippen LogP contribution in [0.4, 0.5) is 5.69 Å². The number of rotatable bonds is 4. The van der Waals surface area contributed by atoms with Crippen LogP contribution >= 0.6 is 23.2 Å². The molecule has 11 heteroatoms. The van der Waals surface area contributed by atoms with Gasteiger partial charge in [-0.2, -0.15) is 4.80 Å². The molecule has 1 amide bonds. The van der Waals surface area contributed by atoms with Crippen LogP contribution in [0.3, 0.4) is 0 Å². The zero-order chi connectivity index (χ0) is 19.7. The van der Waals surface area contributed by atoms with Crippen LogP contribution in [-0.2, 0) is 11.3 Å². The van der Waals surface area contributed by atoms with Crippen LogP contribution in [0.25, 0.3) is 22.3 Å². The Kier molecular flexibility index (Phi) is 4.76. The predicted molar refractivity (Wildman–Crippen MR) is 103 cm³/mol. The fraction of sp³-hybridized carbons (Fsp3) is 0.0588. The summed E-state index contributed by atoms with van der Waals surface area (Å²) in [6.07, 6.45) is 0. The molecule has 0 atom stereocenters. The molecule has 4 rings (SSSR count). The smallest absolute Gasteiger partial charge is 0.287 e. The van der Waals surface area contributed by atoms with Crippen molar-refractivity contribution in [1.82, 2.24) is 25.2 Å². The predicted octanol–water partition coefficient (Wildman–Crippen LogP) is 4.14. The molecule has 0 saturated heterocycles. The normalized spacial score (nSPS) is 11.5. The van der Waals surface area contributed by atoms with Crippen molar-refractivity contribution in [1.29, 1.82) is 0 Å². The van der Waals surface area contributed by atoms with Crippen molar-refractivity contribution in [2.75, 3.05) is 0 Å². The van der Waals surface area contributed by atoms with E-state index >= 15 is 0 Å². The molecule has 0 bridgehead atoms. The van der Waals surface area contributed by atoms with E-state index in [1.807, 2.05) is 30.3 Å². The number of carbonyl (C=O) groups is 1. The summed E-state index contributed by atoms with van der Waals surface area (Å²) >= 11 is 12.1. The largest absolute Gasteiger partial charge is 0.493 e. The van der Waals surface area contributed by atoms with Crippen LogP contribution in [0.2, 0.25) is 10.0 Å². The number of hydrogen-bond acceptors (Lipinski definition) is 6. The molecule has 0 unspecified atom stereocenters.